The molecule has 1 fully saturated rings. The van der Waals surface area contributed by atoms with Gasteiger partial charge in [0.1, 0.15) is 0 Å². The Kier molecular flexibility index (Phi) is 5.96. The lowest BCUT2D eigenvalue weighted by Gasteiger charge is -2.14. The van der Waals surface area contributed by atoms with Gasteiger partial charge in [0.2, 0.25) is 5.91 Å². The largest absolute Gasteiger partial charge is 0.366 e. The van der Waals surface area contributed by atoms with Gasteiger partial charge in [-0.15, -0.1) is 0 Å². The standard InChI is InChI=1S/C25H27ClN2O2/c1-2-7-21-23(24(29)16-8-3-4-9-16)19-13-12-17(25(27)30)14-22(19)28(21)15-18-10-5-6-11-20(18)26/h5-6,10-14,16H,2-4,7-9,15H2,1H3,(H2,27,30). The van der Waals surface area contributed by atoms with Gasteiger partial charge in [-0.3, -0.25) is 9.59 Å². The number of primary amides is 1. The number of fused-ring (bicyclic) bond motifs is 1. The van der Waals surface area contributed by atoms with Gasteiger partial charge < -0.3 is 10.3 Å². The van der Waals surface area contributed by atoms with E-state index in [1.165, 1.54) is 0 Å². The van der Waals surface area contributed by atoms with Crippen molar-refractivity contribution in [2.75, 3.05) is 0 Å². The molecule has 2 aromatic carbocycles. The summed E-state index contributed by atoms with van der Waals surface area (Å²) >= 11 is 6.46. The predicted molar refractivity (Wildman–Crippen MR) is 121 cm³/mol. The highest BCUT2D eigenvalue weighted by atomic mass is 35.5. The van der Waals surface area contributed by atoms with Crippen molar-refractivity contribution < 1.29 is 9.59 Å². The van der Waals surface area contributed by atoms with E-state index in [0.29, 0.717) is 17.1 Å². The van der Waals surface area contributed by atoms with Crippen LogP contribution in [0.4, 0.5) is 0 Å². The fourth-order valence-corrected chi connectivity index (χ4v) is 4.89. The first-order chi connectivity index (χ1) is 14.5. The number of hydrogen-bond acceptors (Lipinski definition) is 2. The van der Waals surface area contributed by atoms with E-state index in [4.69, 9.17) is 17.3 Å². The van der Waals surface area contributed by atoms with Gasteiger partial charge in [0.25, 0.3) is 0 Å². The van der Waals surface area contributed by atoms with Crippen LogP contribution in [0.1, 0.15) is 71.0 Å². The minimum Gasteiger partial charge on any atom is -0.366 e. The predicted octanol–water partition coefficient (Wildman–Crippen LogP) is 5.77. The zero-order valence-corrected chi connectivity index (χ0v) is 18.0. The Balaban J connectivity index is 1.95. The molecular weight excluding hydrogens is 396 g/mol. The fourth-order valence-electron chi connectivity index (χ4n) is 4.70. The zero-order chi connectivity index (χ0) is 21.3. The van der Waals surface area contributed by atoms with Crippen LogP contribution in [0.5, 0.6) is 0 Å². The lowest BCUT2D eigenvalue weighted by molar-refractivity contribution is 0.0922. The summed E-state index contributed by atoms with van der Waals surface area (Å²) in [4.78, 5) is 25.4. The summed E-state index contributed by atoms with van der Waals surface area (Å²) in [5.41, 5.74) is 9.72. The van der Waals surface area contributed by atoms with Crippen LogP contribution >= 0.6 is 11.6 Å². The first-order valence-corrected chi connectivity index (χ1v) is 11.1. The van der Waals surface area contributed by atoms with E-state index in [-0.39, 0.29) is 11.7 Å². The van der Waals surface area contributed by atoms with Gasteiger partial charge in [0, 0.05) is 39.7 Å². The van der Waals surface area contributed by atoms with Crippen molar-refractivity contribution in [3.63, 3.8) is 0 Å². The number of nitrogens with two attached hydrogens (primary N) is 1. The monoisotopic (exact) mass is 422 g/mol. The van der Waals surface area contributed by atoms with Crippen LogP contribution in [0.3, 0.4) is 0 Å². The van der Waals surface area contributed by atoms with Crippen molar-refractivity contribution in [2.45, 2.75) is 52.0 Å². The molecule has 0 radical (unpaired) electrons. The van der Waals surface area contributed by atoms with Crippen molar-refractivity contribution >= 4 is 34.2 Å². The maximum atomic E-state index is 13.6. The summed E-state index contributed by atoms with van der Waals surface area (Å²) in [6.45, 7) is 2.67. The summed E-state index contributed by atoms with van der Waals surface area (Å²) in [6, 6.07) is 13.2. The highest BCUT2D eigenvalue weighted by Gasteiger charge is 2.30. The molecule has 0 atom stereocenters. The Morgan fingerprint density at radius 3 is 2.53 bits per heavy atom. The van der Waals surface area contributed by atoms with Gasteiger partial charge in [-0.05, 0) is 43.0 Å². The molecular formula is C25H27ClN2O2. The maximum absolute atomic E-state index is 13.6. The average molecular weight is 423 g/mol. The number of halogens is 1. The van der Waals surface area contributed by atoms with Crippen molar-refractivity contribution in [1.82, 2.24) is 4.57 Å². The molecule has 156 valence electrons. The Morgan fingerprint density at radius 1 is 1.13 bits per heavy atom. The van der Waals surface area contributed by atoms with E-state index in [9.17, 15) is 9.59 Å². The lowest BCUT2D eigenvalue weighted by atomic mass is 9.93. The molecule has 4 rings (SSSR count). The number of Topliss-reactive ketones (excluding diaryl/α,β-unsaturated/α-hetero) is 1. The Hall–Kier alpha value is -2.59. The molecule has 30 heavy (non-hydrogen) atoms. The number of rotatable bonds is 7. The lowest BCUT2D eigenvalue weighted by Crippen LogP contribution is -2.14. The third-order valence-electron chi connectivity index (χ3n) is 6.20. The summed E-state index contributed by atoms with van der Waals surface area (Å²) in [7, 11) is 0. The average Bonchev–Trinajstić information content (AvgIpc) is 3.37. The topological polar surface area (TPSA) is 65.1 Å². The molecule has 0 spiro atoms. The number of nitrogens with zero attached hydrogens (tertiary/aromatic N) is 1. The van der Waals surface area contributed by atoms with E-state index in [1.54, 1.807) is 6.07 Å². The van der Waals surface area contributed by atoms with E-state index in [2.05, 4.69) is 11.5 Å². The molecule has 1 amide bonds. The number of carbonyl (C=O) groups excluding carboxylic acids is 2. The first kappa shape index (κ1) is 20.7. The Bertz CT molecular complexity index is 1110. The third-order valence-corrected chi connectivity index (χ3v) is 6.57. The van der Waals surface area contributed by atoms with Crippen LogP contribution in [-0.4, -0.2) is 16.3 Å². The molecule has 1 aromatic heterocycles. The molecule has 0 aliphatic heterocycles. The quantitative estimate of drug-likeness (QED) is 0.491. The van der Waals surface area contributed by atoms with Gasteiger partial charge in [0.05, 0.1) is 5.52 Å². The molecule has 3 aromatic rings. The molecule has 2 N–H and O–H groups in total. The molecule has 1 heterocycles. The van der Waals surface area contributed by atoms with Crippen LogP contribution in [0.25, 0.3) is 10.9 Å². The summed E-state index contributed by atoms with van der Waals surface area (Å²) in [5, 5.41) is 1.60. The van der Waals surface area contributed by atoms with E-state index in [0.717, 1.165) is 66.2 Å². The van der Waals surface area contributed by atoms with E-state index >= 15 is 0 Å². The van der Waals surface area contributed by atoms with Crippen molar-refractivity contribution in [3.05, 3.63) is 69.9 Å². The fraction of sp³-hybridized carbons (Fsp3) is 0.360. The van der Waals surface area contributed by atoms with Gasteiger partial charge in [-0.2, -0.15) is 0 Å². The van der Waals surface area contributed by atoms with Crippen LogP contribution in [-0.2, 0) is 13.0 Å². The van der Waals surface area contributed by atoms with Gasteiger partial charge >= 0.3 is 0 Å². The normalized spacial score (nSPS) is 14.5. The molecule has 0 saturated heterocycles. The van der Waals surface area contributed by atoms with Crippen molar-refractivity contribution in [2.24, 2.45) is 11.7 Å². The van der Waals surface area contributed by atoms with E-state index < -0.39 is 5.91 Å². The number of ketones is 1. The van der Waals surface area contributed by atoms with Crippen LogP contribution in [0.15, 0.2) is 42.5 Å². The van der Waals surface area contributed by atoms with E-state index in [1.807, 2.05) is 36.4 Å². The molecule has 5 heteroatoms. The number of carbonyl (C=O) groups is 2. The number of aromatic nitrogens is 1. The molecule has 1 aliphatic carbocycles. The number of hydrogen-bond donors (Lipinski definition) is 1. The van der Waals surface area contributed by atoms with Crippen molar-refractivity contribution in [3.8, 4) is 0 Å². The molecule has 4 nitrogen and oxygen atoms in total. The second-order valence-electron chi connectivity index (χ2n) is 8.19. The molecule has 0 bridgehead atoms. The summed E-state index contributed by atoms with van der Waals surface area (Å²) < 4.78 is 2.16. The van der Waals surface area contributed by atoms with Gasteiger partial charge in [-0.25, -0.2) is 0 Å². The zero-order valence-electron chi connectivity index (χ0n) is 17.3. The van der Waals surface area contributed by atoms with Crippen LogP contribution < -0.4 is 5.73 Å². The third kappa shape index (κ3) is 3.77. The second-order valence-corrected chi connectivity index (χ2v) is 8.60. The second kappa shape index (κ2) is 8.65. The minimum absolute atomic E-state index is 0.0933. The van der Waals surface area contributed by atoms with Gasteiger partial charge in [-0.1, -0.05) is 62.1 Å². The first-order valence-electron chi connectivity index (χ1n) is 10.7. The number of amides is 1. The number of benzene rings is 2. The van der Waals surface area contributed by atoms with Gasteiger partial charge in [0.15, 0.2) is 5.78 Å². The Labute approximate surface area is 182 Å². The highest BCUT2D eigenvalue weighted by molar-refractivity contribution is 6.31. The van der Waals surface area contributed by atoms with Crippen LogP contribution in [0.2, 0.25) is 5.02 Å². The van der Waals surface area contributed by atoms with Crippen molar-refractivity contribution in [1.29, 1.82) is 0 Å². The summed E-state index contributed by atoms with van der Waals surface area (Å²) in [5.74, 6) is -0.135. The maximum Gasteiger partial charge on any atom is 0.248 e. The highest BCUT2D eigenvalue weighted by Crippen LogP contribution is 2.36. The molecule has 0 unspecified atom stereocenters. The smallest absolute Gasteiger partial charge is 0.248 e. The Morgan fingerprint density at radius 2 is 1.87 bits per heavy atom. The summed E-state index contributed by atoms with van der Waals surface area (Å²) in [6.07, 6.45) is 5.86. The molecule has 1 saturated carbocycles. The van der Waals surface area contributed by atoms with Crippen LogP contribution in [0, 0.1) is 5.92 Å². The SMILES string of the molecule is CCCc1c(C(=O)C2CCCC2)c2ccc(C(N)=O)cc2n1Cc1ccccc1Cl. The molecule has 1 aliphatic rings. The minimum atomic E-state index is -0.469.